The molecule has 0 aromatic heterocycles. The summed E-state index contributed by atoms with van der Waals surface area (Å²) in [5.74, 6) is -3.66. The molecule has 1 spiro atoms. The highest BCUT2D eigenvalue weighted by Gasteiger charge is 2.92. The van der Waals surface area contributed by atoms with Crippen LogP contribution in [0.5, 0.6) is 0 Å². The molecule has 15 atom stereocenters. The van der Waals surface area contributed by atoms with Crippen molar-refractivity contribution in [2.45, 2.75) is 73.6 Å². The Bertz CT molecular complexity index is 1350. The number of hydrogen-bond acceptors (Lipinski definition) is 12. The summed E-state index contributed by atoms with van der Waals surface area (Å²) >= 11 is 0. The average Bonchev–Trinajstić information content (AvgIpc) is 3.40. The first-order valence-electron chi connectivity index (χ1n) is 15.8. The summed E-state index contributed by atoms with van der Waals surface area (Å²) in [6.07, 6.45) is -5.50. The molecule has 12 nitrogen and oxygen atoms in total. The van der Waals surface area contributed by atoms with E-state index in [4.69, 9.17) is 28.4 Å². The van der Waals surface area contributed by atoms with Crippen molar-refractivity contribution < 1.29 is 53.3 Å². The van der Waals surface area contributed by atoms with Gasteiger partial charge in [0.05, 0.1) is 30.5 Å². The van der Waals surface area contributed by atoms with E-state index in [-0.39, 0.29) is 25.0 Å². The second-order valence-electron chi connectivity index (χ2n) is 14.3. The quantitative estimate of drug-likeness (QED) is 0.337. The molecule has 6 aliphatic rings. The summed E-state index contributed by atoms with van der Waals surface area (Å²) in [5.41, 5.74) is -4.79. The molecule has 6 fully saturated rings. The molecule has 248 valence electrons. The van der Waals surface area contributed by atoms with Gasteiger partial charge in [-0.2, -0.15) is 0 Å². The summed E-state index contributed by atoms with van der Waals surface area (Å²) in [5, 5.41) is 37.0. The topological polar surface area (TPSA) is 153 Å². The summed E-state index contributed by atoms with van der Waals surface area (Å²) in [4.78, 5) is 29.1. The summed E-state index contributed by atoms with van der Waals surface area (Å²) in [7, 11) is 8.20. The van der Waals surface area contributed by atoms with Crippen LogP contribution in [0.4, 0.5) is 0 Å². The molecule has 1 aliphatic heterocycles. The Morgan fingerprint density at radius 3 is 2.31 bits per heavy atom. The van der Waals surface area contributed by atoms with Crippen LogP contribution < -0.4 is 0 Å². The van der Waals surface area contributed by atoms with Gasteiger partial charge in [-0.15, -0.1) is 0 Å². The molecule has 7 bridgehead atoms. The number of rotatable bonds is 8. The van der Waals surface area contributed by atoms with Crippen LogP contribution >= 0.6 is 0 Å². The maximum atomic E-state index is 13.7. The standard InChI is InChI=1S/C33H45NO11/c1-16(35)45-33-21-18(13-31(39,28(43-6)26(33)37)27(21)44-29(38)17-10-8-7-9-11-17)32-20(41-4)12-19(36)30(15-40-3)14-34(2)25(32)22(33)23(42-5)24(30)32/h7-11,18-28,36-37,39H,12-15H2,1-6H3/t18-,19?,20+,21-,22?,23+,24-,25-,26+,27-,28+,30+,31?,32+,33-/m1/s1. The van der Waals surface area contributed by atoms with Crippen LogP contribution in [0.25, 0.3) is 0 Å². The third-order valence-corrected chi connectivity index (χ3v) is 12.9. The van der Waals surface area contributed by atoms with Gasteiger partial charge < -0.3 is 48.6 Å². The fraction of sp³-hybridized carbons (Fsp3) is 0.758. The maximum absolute atomic E-state index is 13.7. The van der Waals surface area contributed by atoms with Crippen molar-refractivity contribution in [1.82, 2.24) is 4.90 Å². The molecular formula is C33H45NO11. The third-order valence-electron chi connectivity index (χ3n) is 12.9. The van der Waals surface area contributed by atoms with Gasteiger partial charge in [0.2, 0.25) is 0 Å². The minimum atomic E-state index is -1.83. The van der Waals surface area contributed by atoms with Gasteiger partial charge in [0.1, 0.15) is 23.9 Å². The van der Waals surface area contributed by atoms with Gasteiger partial charge >= 0.3 is 11.9 Å². The van der Waals surface area contributed by atoms with Gasteiger partial charge in [-0.3, -0.25) is 4.79 Å². The highest BCUT2D eigenvalue weighted by atomic mass is 16.6. The Morgan fingerprint density at radius 1 is 1.00 bits per heavy atom. The van der Waals surface area contributed by atoms with E-state index < -0.39 is 88.3 Å². The Kier molecular flexibility index (Phi) is 7.28. The van der Waals surface area contributed by atoms with Crippen LogP contribution in [0.2, 0.25) is 0 Å². The van der Waals surface area contributed by atoms with Crippen molar-refractivity contribution in [2.24, 2.45) is 34.5 Å². The van der Waals surface area contributed by atoms with Crippen LogP contribution in [-0.2, 0) is 33.2 Å². The van der Waals surface area contributed by atoms with E-state index in [2.05, 4.69) is 4.90 Å². The zero-order chi connectivity index (χ0) is 32.3. The summed E-state index contributed by atoms with van der Waals surface area (Å²) in [6, 6.07) is 8.15. The predicted octanol–water partition coefficient (Wildman–Crippen LogP) is 0.258. The molecule has 45 heavy (non-hydrogen) atoms. The van der Waals surface area contributed by atoms with Crippen LogP contribution in [0.1, 0.15) is 30.1 Å². The molecular weight excluding hydrogens is 586 g/mol. The van der Waals surface area contributed by atoms with Gasteiger partial charge in [-0.25, -0.2) is 4.79 Å². The van der Waals surface area contributed by atoms with Gasteiger partial charge in [0, 0.05) is 83.0 Å². The lowest BCUT2D eigenvalue weighted by atomic mass is 9.42. The number of aliphatic hydroxyl groups excluding tert-OH is 2. The molecule has 0 radical (unpaired) electrons. The summed E-state index contributed by atoms with van der Waals surface area (Å²) in [6.45, 7) is 2.00. The zero-order valence-corrected chi connectivity index (χ0v) is 26.6. The largest absolute Gasteiger partial charge is 0.455 e. The molecule has 0 amide bonds. The van der Waals surface area contributed by atoms with E-state index in [1.807, 2.05) is 7.05 Å². The number of methoxy groups -OCH3 is 4. The lowest BCUT2D eigenvalue weighted by Gasteiger charge is -2.70. The van der Waals surface area contributed by atoms with E-state index >= 15 is 0 Å². The van der Waals surface area contributed by atoms with Gasteiger partial charge in [-0.1, -0.05) is 18.2 Å². The third kappa shape index (κ3) is 3.55. The number of nitrogens with zero attached hydrogens (tertiary/aromatic N) is 1. The number of likely N-dealkylation sites (tertiary alicyclic amines) is 1. The van der Waals surface area contributed by atoms with Crippen LogP contribution in [-0.4, -0.2) is 135 Å². The molecule has 1 heterocycles. The normalized spacial score (nSPS) is 50.7. The highest BCUT2D eigenvalue weighted by molar-refractivity contribution is 5.89. The van der Waals surface area contributed by atoms with Crippen molar-refractivity contribution in [1.29, 1.82) is 0 Å². The number of fused-ring (bicyclic) bond motifs is 2. The SMILES string of the molecule is COC[C@]12CN(C)[C@@H]3C4[C@H](OC)[C@H]1[C@@]3([C@@H](OC)CC2O)[C@@H]1CC2(O)[C@H](OC(=O)c3ccccc3)[C@@H]1[C@]4(OC(C)=O)[C@@H](O)[C@@H]2OC. The number of carbonyl (C=O) groups is 2. The molecule has 1 aromatic carbocycles. The zero-order valence-electron chi connectivity index (χ0n) is 26.6. The Labute approximate surface area is 262 Å². The fourth-order valence-corrected chi connectivity index (χ4v) is 12.2. The number of esters is 2. The predicted molar refractivity (Wildman–Crippen MR) is 156 cm³/mol. The Balaban J connectivity index is 1.52. The first kappa shape index (κ1) is 31.4. The van der Waals surface area contributed by atoms with Crippen molar-refractivity contribution in [3.63, 3.8) is 0 Å². The number of hydrogen-bond donors (Lipinski definition) is 3. The van der Waals surface area contributed by atoms with Crippen LogP contribution in [0.3, 0.4) is 0 Å². The van der Waals surface area contributed by atoms with Crippen molar-refractivity contribution in [3.8, 4) is 0 Å². The Morgan fingerprint density at radius 2 is 1.71 bits per heavy atom. The molecule has 12 heteroatoms. The van der Waals surface area contributed by atoms with Crippen LogP contribution in [0, 0.1) is 34.5 Å². The minimum Gasteiger partial charge on any atom is -0.455 e. The van der Waals surface area contributed by atoms with E-state index in [1.54, 1.807) is 51.7 Å². The molecule has 3 unspecified atom stereocenters. The monoisotopic (exact) mass is 631 g/mol. The molecule has 5 saturated carbocycles. The van der Waals surface area contributed by atoms with Gasteiger partial charge in [-0.05, 0) is 31.5 Å². The lowest BCUT2D eigenvalue weighted by molar-refractivity contribution is -0.321. The number of aliphatic hydroxyl groups is 3. The Hall–Kier alpha value is -2.16. The van der Waals surface area contributed by atoms with Crippen molar-refractivity contribution >= 4 is 11.9 Å². The first-order valence-corrected chi connectivity index (χ1v) is 15.8. The molecule has 5 aliphatic carbocycles. The highest BCUT2D eigenvalue weighted by Crippen LogP contribution is 2.80. The van der Waals surface area contributed by atoms with Crippen LogP contribution in [0.15, 0.2) is 30.3 Å². The van der Waals surface area contributed by atoms with Crippen molar-refractivity contribution in [2.75, 3.05) is 48.6 Å². The van der Waals surface area contributed by atoms with Gasteiger partial charge in [0.15, 0.2) is 5.60 Å². The van der Waals surface area contributed by atoms with E-state index in [1.165, 1.54) is 14.0 Å². The maximum Gasteiger partial charge on any atom is 0.338 e. The van der Waals surface area contributed by atoms with Crippen molar-refractivity contribution in [3.05, 3.63) is 35.9 Å². The molecule has 3 N–H and O–H groups in total. The fourth-order valence-electron chi connectivity index (χ4n) is 12.2. The average molecular weight is 632 g/mol. The second kappa shape index (κ2) is 10.4. The first-order chi connectivity index (χ1) is 21.4. The van der Waals surface area contributed by atoms with Gasteiger partial charge in [0.25, 0.3) is 0 Å². The molecule has 7 rings (SSSR count). The van der Waals surface area contributed by atoms with E-state index in [0.717, 1.165) is 0 Å². The number of benzene rings is 1. The lowest BCUT2D eigenvalue weighted by Crippen LogP contribution is -2.81. The summed E-state index contributed by atoms with van der Waals surface area (Å²) < 4.78 is 37.2. The van der Waals surface area contributed by atoms with E-state index in [0.29, 0.717) is 18.5 Å². The smallest absolute Gasteiger partial charge is 0.338 e. The van der Waals surface area contributed by atoms with E-state index in [9.17, 15) is 24.9 Å². The number of carbonyl (C=O) groups excluding carboxylic acids is 2. The number of piperidine rings is 1. The molecule has 1 saturated heterocycles. The number of ether oxygens (including phenoxy) is 6. The second-order valence-corrected chi connectivity index (χ2v) is 14.3. The molecule has 1 aromatic rings. The minimum absolute atomic E-state index is 0.0754.